The fourth-order valence-corrected chi connectivity index (χ4v) is 4.13. The van der Waals surface area contributed by atoms with Crippen molar-refractivity contribution in [2.75, 3.05) is 0 Å². The van der Waals surface area contributed by atoms with Gasteiger partial charge in [-0.25, -0.2) is 0 Å². The van der Waals surface area contributed by atoms with Gasteiger partial charge in [0.05, 0.1) is 6.10 Å². The number of rotatable bonds is 2. The normalized spacial score (nSPS) is 17.0. The lowest BCUT2D eigenvalue weighted by Gasteiger charge is -2.38. The lowest BCUT2D eigenvalue weighted by atomic mass is 10.0. The molecule has 0 amide bonds. The average molecular weight is 327 g/mol. The topological polar surface area (TPSA) is 29.5 Å². The van der Waals surface area contributed by atoms with Crippen LogP contribution in [0.25, 0.3) is 11.1 Å². The van der Waals surface area contributed by atoms with Crippen LogP contribution in [0.2, 0.25) is 18.1 Å². The molecule has 2 aromatic rings. The van der Waals surface area contributed by atoms with Crippen molar-refractivity contribution in [1.82, 2.24) is 0 Å². The van der Waals surface area contributed by atoms with Gasteiger partial charge in [-0.2, -0.15) is 0 Å². The molecule has 122 valence electrons. The molecule has 0 radical (unpaired) electrons. The highest BCUT2D eigenvalue weighted by Gasteiger charge is 2.42. The first kappa shape index (κ1) is 16.3. The summed E-state index contributed by atoms with van der Waals surface area (Å²) in [5, 5.41) is 10.7. The van der Waals surface area contributed by atoms with Crippen molar-refractivity contribution in [3.05, 3.63) is 53.1 Å². The summed E-state index contributed by atoms with van der Waals surface area (Å²) in [5.41, 5.74) is 5.23. The van der Waals surface area contributed by atoms with Crippen LogP contribution in [-0.4, -0.2) is 13.4 Å². The summed E-state index contributed by atoms with van der Waals surface area (Å²) in [6.45, 7) is 13.3. The maximum absolute atomic E-state index is 10.6. The molecule has 3 rings (SSSR count). The standard InChI is InChI=1S/C20H26O2Si/c1-13-11-12-16-17(18(13)21)14-9-7-8-10-15(14)19(16)22-23(5,6)20(2,3)4/h7-12,19,21H,1-6H3. The van der Waals surface area contributed by atoms with Gasteiger partial charge in [0.1, 0.15) is 5.75 Å². The summed E-state index contributed by atoms with van der Waals surface area (Å²) in [7, 11) is -1.92. The molecule has 0 fully saturated rings. The number of hydrogen-bond acceptors (Lipinski definition) is 2. The van der Waals surface area contributed by atoms with E-state index in [0.29, 0.717) is 5.75 Å². The second kappa shape index (κ2) is 5.22. The largest absolute Gasteiger partial charge is 0.507 e. The summed E-state index contributed by atoms with van der Waals surface area (Å²) in [4.78, 5) is 0. The summed E-state index contributed by atoms with van der Waals surface area (Å²) < 4.78 is 6.74. The average Bonchev–Trinajstić information content (AvgIpc) is 2.76. The minimum atomic E-state index is -1.92. The van der Waals surface area contributed by atoms with E-state index >= 15 is 0 Å². The van der Waals surface area contributed by atoms with Crippen LogP contribution in [0.4, 0.5) is 0 Å². The molecular formula is C20H26O2Si. The molecule has 1 N–H and O–H groups in total. The summed E-state index contributed by atoms with van der Waals surface area (Å²) in [6.07, 6.45) is -0.0754. The molecule has 0 saturated heterocycles. The Balaban J connectivity index is 2.16. The van der Waals surface area contributed by atoms with Crippen molar-refractivity contribution in [2.24, 2.45) is 0 Å². The van der Waals surface area contributed by atoms with Crippen molar-refractivity contribution in [1.29, 1.82) is 0 Å². The van der Waals surface area contributed by atoms with Gasteiger partial charge in [-0.15, -0.1) is 0 Å². The Morgan fingerprint density at radius 2 is 1.65 bits per heavy atom. The lowest BCUT2D eigenvalue weighted by molar-refractivity contribution is 0.226. The van der Waals surface area contributed by atoms with Gasteiger partial charge in [-0.3, -0.25) is 0 Å². The van der Waals surface area contributed by atoms with Crippen LogP contribution >= 0.6 is 0 Å². The minimum Gasteiger partial charge on any atom is -0.507 e. The number of phenols is 1. The second-order valence-corrected chi connectivity index (χ2v) is 12.8. The quantitative estimate of drug-likeness (QED) is 0.708. The van der Waals surface area contributed by atoms with E-state index in [4.69, 9.17) is 4.43 Å². The van der Waals surface area contributed by atoms with Gasteiger partial charge in [0.15, 0.2) is 8.32 Å². The van der Waals surface area contributed by atoms with Crippen molar-refractivity contribution in [2.45, 2.75) is 51.9 Å². The van der Waals surface area contributed by atoms with Crippen molar-refractivity contribution in [3.8, 4) is 16.9 Å². The zero-order valence-electron chi connectivity index (χ0n) is 14.9. The van der Waals surface area contributed by atoms with Gasteiger partial charge in [-0.05, 0) is 47.3 Å². The predicted octanol–water partition coefficient (Wildman–Crippen LogP) is 5.79. The first-order chi connectivity index (χ1) is 10.6. The number of fused-ring (bicyclic) bond motifs is 3. The van der Waals surface area contributed by atoms with Gasteiger partial charge in [0.2, 0.25) is 0 Å². The van der Waals surface area contributed by atoms with E-state index in [-0.39, 0.29) is 11.1 Å². The molecule has 0 heterocycles. The zero-order chi connectivity index (χ0) is 17.0. The highest BCUT2D eigenvalue weighted by Crippen LogP contribution is 2.52. The number of hydrogen-bond donors (Lipinski definition) is 1. The van der Waals surface area contributed by atoms with E-state index in [1.165, 1.54) is 5.56 Å². The molecule has 2 aromatic carbocycles. The molecule has 1 aliphatic rings. The molecule has 1 aliphatic carbocycles. The van der Waals surface area contributed by atoms with E-state index in [9.17, 15) is 5.11 Å². The highest BCUT2D eigenvalue weighted by atomic mass is 28.4. The van der Waals surface area contributed by atoms with E-state index in [1.54, 1.807) is 0 Å². The number of aryl methyl sites for hydroxylation is 1. The molecule has 1 unspecified atom stereocenters. The second-order valence-electron chi connectivity index (χ2n) is 8.04. The molecule has 0 bridgehead atoms. The Hall–Kier alpha value is -1.58. The Kier molecular flexibility index (Phi) is 3.69. The van der Waals surface area contributed by atoms with Crippen LogP contribution in [0.5, 0.6) is 5.75 Å². The third-order valence-electron chi connectivity index (χ3n) is 5.43. The summed E-state index contributed by atoms with van der Waals surface area (Å²) in [5.74, 6) is 0.385. The van der Waals surface area contributed by atoms with Crippen molar-refractivity contribution in [3.63, 3.8) is 0 Å². The molecule has 3 heteroatoms. The number of benzene rings is 2. The predicted molar refractivity (Wildman–Crippen MR) is 98.4 cm³/mol. The van der Waals surface area contributed by atoms with Crippen LogP contribution < -0.4 is 0 Å². The molecule has 0 saturated carbocycles. The Labute approximate surface area is 140 Å². The van der Waals surface area contributed by atoms with Gasteiger partial charge in [0.25, 0.3) is 0 Å². The molecule has 0 aromatic heterocycles. The third kappa shape index (κ3) is 2.52. The summed E-state index contributed by atoms with van der Waals surface area (Å²) in [6, 6.07) is 12.4. The highest BCUT2D eigenvalue weighted by molar-refractivity contribution is 6.74. The van der Waals surface area contributed by atoms with E-state index in [1.807, 2.05) is 19.1 Å². The van der Waals surface area contributed by atoms with Crippen LogP contribution in [-0.2, 0) is 4.43 Å². The summed E-state index contributed by atoms with van der Waals surface area (Å²) >= 11 is 0. The minimum absolute atomic E-state index is 0.0754. The lowest BCUT2D eigenvalue weighted by Crippen LogP contribution is -2.41. The molecule has 0 spiro atoms. The first-order valence-corrected chi connectivity index (χ1v) is 11.1. The number of phenolic OH excluding ortho intramolecular Hbond substituents is 1. The Bertz CT molecular complexity index is 757. The fraction of sp³-hybridized carbons (Fsp3) is 0.400. The molecule has 1 atom stereocenters. The van der Waals surface area contributed by atoms with E-state index in [2.05, 4.69) is 58.1 Å². The monoisotopic (exact) mass is 326 g/mol. The fourth-order valence-electron chi connectivity index (χ4n) is 2.93. The molecular weight excluding hydrogens is 300 g/mol. The van der Waals surface area contributed by atoms with Crippen LogP contribution in [0, 0.1) is 6.92 Å². The van der Waals surface area contributed by atoms with Crippen LogP contribution in [0.3, 0.4) is 0 Å². The molecule has 23 heavy (non-hydrogen) atoms. The zero-order valence-corrected chi connectivity index (χ0v) is 15.9. The van der Waals surface area contributed by atoms with Crippen LogP contribution in [0.15, 0.2) is 36.4 Å². The van der Waals surface area contributed by atoms with Gasteiger partial charge < -0.3 is 9.53 Å². The SMILES string of the molecule is Cc1ccc2c(c1O)-c1ccccc1C2O[Si](C)(C)C(C)(C)C. The van der Waals surface area contributed by atoms with Crippen molar-refractivity contribution >= 4 is 8.32 Å². The smallest absolute Gasteiger partial charge is 0.193 e. The maximum atomic E-state index is 10.6. The maximum Gasteiger partial charge on any atom is 0.193 e. The van der Waals surface area contributed by atoms with Crippen molar-refractivity contribution < 1.29 is 9.53 Å². The molecule has 2 nitrogen and oxygen atoms in total. The van der Waals surface area contributed by atoms with Crippen LogP contribution in [0.1, 0.15) is 43.6 Å². The Morgan fingerprint density at radius 3 is 2.30 bits per heavy atom. The Morgan fingerprint density at radius 1 is 1.00 bits per heavy atom. The van der Waals surface area contributed by atoms with Gasteiger partial charge >= 0.3 is 0 Å². The van der Waals surface area contributed by atoms with Gasteiger partial charge in [-0.1, -0.05) is 57.2 Å². The molecule has 0 aliphatic heterocycles. The first-order valence-electron chi connectivity index (χ1n) is 8.23. The van der Waals surface area contributed by atoms with Gasteiger partial charge in [0, 0.05) is 5.56 Å². The number of aromatic hydroxyl groups is 1. The van der Waals surface area contributed by atoms with E-state index in [0.717, 1.165) is 22.3 Å². The third-order valence-corrected chi connectivity index (χ3v) is 9.86. The van der Waals surface area contributed by atoms with E-state index < -0.39 is 8.32 Å².